The van der Waals surface area contributed by atoms with Gasteiger partial charge in [-0.15, -0.1) is 11.3 Å². The number of benzene rings is 1. The molecule has 0 spiro atoms. The molecule has 6 heteroatoms. The Labute approximate surface area is 141 Å². The van der Waals surface area contributed by atoms with Gasteiger partial charge in [-0.05, 0) is 31.2 Å². The largest absolute Gasteiger partial charge is 0.497 e. The van der Waals surface area contributed by atoms with Crippen molar-refractivity contribution in [2.45, 2.75) is 13.5 Å². The van der Waals surface area contributed by atoms with Crippen molar-refractivity contribution >= 4 is 17.3 Å². The van der Waals surface area contributed by atoms with Gasteiger partial charge in [0.25, 0.3) is 0 Å². The summed E-state index contributed by atoms with van der Waals surface area (Å²) < 4.78 is 10.9. The Morgan fingerprint density at radius 2 is 2.00 bits per heavy atom. The third-order valence-corrected chi connectivity index (χ3v) is 4.15. The quantitative estimate of drug-likeness (QED) is 0.465. The van der Waals surface area contributed by atoms with Gasteiger partial charge in [-0.1, -0.05) is 6.07 Å². The number of ether oxygens (including phenoxy) is 2. The van der Waals surface area contributed by atoms with Gasteiger partial charge >= 0.3 is 0 Å². The highest BCUT2D eigenvalue weighted by molar-refractivity contribution is 7.11. The third kappa shape index (κ3) is 5.83. The lowest BCUT2D eigenvalue weighted by atomic mass is 10.3. The highest BCUT2D eigenvalue weighted by Crippen LogP contribution is 2.18. The monoisotopic (exact) mass is 333 g/mol. The summed E-state index contributed by atoms with van der Waals surface area (Å²) in [5.41, 5.74) is 0. The van der Waals surface area contributed by atoms with Crippen molar-refractivity contribution in [3.8, 4) is 11.5 Å². The molecule has 23 heavy (non-hydrogen) atoms. The van der Waals surface area contributed by atoms with E-state index in [4.69, 9.17) is 9.47 Å². The normalized spacial score (nSPS) is 11.2. The molecule has 2 N–H and O–H groups in total. The Morgan fingerprint density at radius 3 is 2.70 bits per heavy atom. The maximum absolute atomic E-state index is 5.69. The zero-order valence-electron chi connectivity index (χ0n) is 13.8. The molecule has 0 aliphatic rings. The number of guanidine groups is 1. The maximum atomic E-state index is 5.69. The van der Waals surface area contributed by atoms with Gasteiger partial charge in [0.1, 0.15) is 18.1 Å². The van der Waals surface area contributed by atoms with Crippen LogP contribution in [0.4, 0.5) is 0 Å². The van der Waals surface area contributed by atoms with Crippen LogP contribution in [0.2, 0.25) is 0 Å². The summed E-state index contributed by atoms with van der Waals surface area (Å²) in [6, 6.07) is 11.8. The second kappa shape index (κ2) is 9.05. The van der Waals surface area contributed by atoms with Crippen LogP contribution in [0.5, 0.6) is 11.5 Å². The second-order valence-corrected chi connectivity index (χ2v) is 6.26. The Hall–Kier alpha value is -2.21. The molecule has 0 aliphatic carbocycles. The van der Waals surface area contributed by atoms with Crippen LogP contribution in [0.15, 0.2) is 41.4 Å². The molecule has 0 unspecified atom stereocenters. The zero-order chi connectivity index (χ0) is 16.5. The number of hydrogen-bond donors (Lipinski definition) is 2. The minimum atomic E-state index is 0.548. The number of hydrogen-bond acceptors (Lipinski definition) is 4. The van der Waals surface area contributed by atoms with Gasteiger partial charge in [0.15, 0.2) is 5.96 Å². The van der Waals surface area contributed by atoms with Crippen molar-refractivity contribution in [1.82, 2.24) is 10.6 Å². The minimum Gasteiger partial charge on any atom is -0.497 e. The number of rotatable bonds is 7. The first-order valence-corrected chi connectivity index (χ1v) is 8.29. The van der Waals surface area contributed by atoms with Crippen LogP contribution in [0.25, 0.3) is 0 Å². The SMILES string of the molecule is CN=C(NCCOc1cccc(OC)c1)NCc1ccc(C)s1. The van der Waals surface area contributed by atoms with Crippen molar-refractivity contribution in [1.29, 1.82) is 0 Å². The summed E-state index contributed by atoms with van der Waals surface area (Å²) in [4.78, 5) is 6.81. The Bertz CT molecular complexity index is 640. The van der Waals surface area contributed by atoms with Crippen molar-refractivity contribution in [3.05, 3.63) is 46.2 Å². The van der Waals surface area contributed by atoms with E-state index in [0.717, 1.165) is 24.0 Å². The highest BCUT2D eigenvalue weighted by Gasteiger charge is 2.01. The van der Waals surface area contributed by atoms with Crippen LogP contribution in [-0.2, 0) is 6.54 Å². The van der Waals surface area contributed by atoms with Gasteiger partial charge in [0, 0.05) is 22.9 Å². The molecule has 2 aromatic rings. The molecule has 0 aliphatic heterocycles. The van der Waals surface area contributed by atoms with Crippen LogP contribution in [0, 0.1) is 6.92 Å². The van der Waals surface area contributed by atoms with Gasteiger partial charge in [-0.3, -0.25) is 4.99 Å². The molecule has 0 fully saturated rings. The fraction of sp³-hybridized carbons (Fsp3) is 0.353. The van der Waals surface area contributed by atoms with E-state index in [9.17, 15) is 0 Å². The molecule has 5 nitrogen and oxygen atoms in total. The van der Waals surface area contributed by atoms with Gasteiger partial charge in [0.2, 0.25) is 0 Å². The van der Waals surface area contributed by atoms with Crippen LogP contribution in [0.3, 0.4) is 0 Å². The van der Waals surface area contributed by atoms with E-state index >= 15 is 0 Å². The molecule has 0 radical (unpaired) electrons. The predicted molar refractivity (Wildman–Crippen MR) is 95.7 cm³/mol. The number of methoxy groups -OCH3 is 1. The molecule has 0 saturated heterocycles. The van der Waals surface area contributed by atoms with E-state index in [0.29, 0.717) is 13.2 Å². The third-order valence-electron chi connectivity index (χ3n) is 3.15. The molecule has 124 valence electrons. The average Bonchev–Trinajstić information content (AvgIpc) is 3.00. The fourth-order valence-electron chi connectivity index (χ4n) is 2.00. The van der Waals surface area contributed by atoms with Crippen LogP contribution < -0.4 is 20.1 Å². The lowest BCUT2D eigenvalue weighted by molar-refractivity contribution is 0.319. The topological polar surface area (TPSA) is 54.9 Å². The summed E-state index contributed by atoms with van der Waals surface area (Å²) in [7, 11) is 3.41. The number of nitrogens with one attached hydrogen (secondary N) is 2. The lowest BCUT2D eigenvalue weighted by Crippen LogP contribution is -2.38. The van der Waals surface area contributed by atoms with Crippen LogP contribution in [0.1, 0.15) is 9.75 Å². The summed E-state index contributed by atoms with van der Waals surface area (Å²) >= 11 is 1.79. The van der Waals surface area contributed by atoms with E-state index in [1.807, 2.05) is 24.3 Å². The number of nitrogens with zero attached hydrogens (tertiary/aromatic N) is 1. The smallest absolute Gasteiger partial charge is 0.191 e. The van der Waals surface area contributed by atoms with E-state index in [-0.39, 0.29) is 0 Å². The minimum absolute atomic E-state index is 0.548. The Balaban J connectivity index is 1.69. The molecule has 1 heterocycles. The molecule has 0 bridgehead atoms. The average molecular weight is 333 g/mol. The van der Waals surface area contributed by atoms with Gasteiger partial charge < -0.3 is 20.1 Å². The Morgan fingerprint density at radius 1 is 1.17 bits per heavy atom. The van der Waals surface area contributed by atoms with Crippen LogP contribution in [-0.4, -0.2) is 33.3 Å². The molecular formula is C17H23N3O2S. The number of thiophene rings is 1. The molecule has 2 rings (SSSR count). The van der Waals surface area contributed by atoms with Crippen molar-refractivity contribution < 1.29 is 9.47 Å². The fourth-order valence-corrected chi connectivity index (χ4v) is 2.83. The van der Waals surface area contributed by atoms with E-state index in [1.165, 1.54) is 9.75 Å². The first-order valence-electron chi connectivity index (χ1n) is 7.48. The second-order valence-electron chi connectivity index (χ2n) is 4.89. The number of aliphatic imine (C=N–C) groups is 1. The van der Waals surface area contributed by atoms with Crippen molar-refractivity contribution in [3.63, 3.8) is 0 Å². The molecule has 1 aromatic carbocycles. The zero-order valence-corrected chi connectivity index (χ0v) is 14.6. The summed E-state index contributed by atoms with van der Waals surface area (Å²) in [6.45, 7) is 4.10. The summed E-state index contributed by atoms with van der Waals surface area (Å²) in [5, 5.41) is 6.52. The highest BCUT2D eigenvalue weighted by atomic mass is 32.1. The molecule has 0 amide bonds. The van der Waals surface area contributed by atoms with E-state index in [2.05, 4.69) is 34.7 Å². The van der Waals surface area contributed by atoms with Crippen molar-refractivity contribution in [2.24, 2.45) is 4.99 Å². The molecule has 0 atom stereocenters. The van der Waals surface area contributed by atoms with E-state index < -0.39 is 0 Å². The molecular weight excluding hydrogens is 310 g/mol. The van der Waals surface area contributed by atoms with Gasteiger partial charge in [-0.25, -0.2) is 0 Å². The first kappa shape index (κ1) is 17.1. The van der Waals surface area contributed by atoms with Crippen molar-refractivity contribution in [2.75, 3.05) is 27.3 Å². The summed E-state index contributed by atoms with van der Waals surface area (Å²) in [5.74, 6) is 2.35. The van der Waals surface area contributed by atoms with E-state index in [1.54, 1.807) is 25.5 Å². The Kier molecular flexibility index (Phi) is 6.75. The molecule has 1 aromatic heterocycles. The standard InChI is InChI=1S/C17H23N3O2S/c1-13-7-8-16(23-13)12-20-17(18-2)19-9-10-22-15-6-4-5-14(11-15)21-3/h4-8,11H,9-10,12H2,1-3H3,(H2,18,19,20). The predicted octanol–water partition coefficient (Wildman–Crippen LogP) is 2.81. The van der Waals surface area contributed by atoms with Gasteiger partial charge in [0.05, 0.1) is 20.2 Å². The first-order chi connectivity index (χ1) is 11.2. The van der Waals surface area contributed by atoms with Gasteiger partial charge in [-0.2, -0.15) is 0 Å². The van der Waals surface area contributed by atoms with Crippen LogP contribution >= 0.6 is 11.3 Å². The lowest BCUT2D eigenvalue weighted by Gasteiger charge is -2.12. The number of aryl methyl sites for hydroxylation is 1. The maximum Gasteiger partial charge on any atom is 0.191 e. The molecule has 0 saturated carbocycles. The summed E-state index contributed by atoms with van der Waals surface area (Å²) in [6.07, 6.45) is 0.